The highest BCUT2D eigenvalue weighted by atomic mass is 127. The molecule has 0 aliphatic carbocycles. The molecule has 0 fully saturated rings. The summed E-state index contributed by atoms with van der Waals surface area (Å²) in [5, 5.41) is 0.663. The predicted molar refractivity (Wildman–Crippen MR) is 89.4 cm³/mol. The van der Waals surface area contributed by atoms with Crippen molar-refractivity contribution >= 4 is 44.2 Å². The molecule has 6 heteroatoms. The SMILES string of the molecule is Cc1cccc(S(=O)(=O)NCc2ccc(Cl)c(I)c2)c1. The van der Waals surface area contributed by atoms with Crippen molar-refractivity contribution < 1.29 is 8.42 Å². The van der Waals surface area contributed by atoms with E-state index in [-0.39, 0.29) is 11.4 Å². The third kappa shape index (κ3) is 3.94. The fraction of sp³-hybridized carbons (Fsp3) is 0.143. The van der Waals surface area contributed by atoms with Crippen LogP contribution in [0.2, 0.25) is 5.02 Å². The third-order valence-electron chi connectivity index (χ3n) is 2.75. The largest absolute Gasteiger partial charge is 0.240 e. The van der Waals surface area contributed by atoms with E-state index in [1.807, 2.05) is 25.1 Å². The smallest absolute Gasteiger partial charge is 0.207 e. The van der Waals surface area contributed by atoms with Gasteiger partial charge in [-0.15, -0.1) is 0 Å². The van der Waals surface area contributed by atoms with Gasteiger partial charge in [0.25, 0.3) is 0 Å². The molecule has 0 radical (unpaired) electrons. The summed E-state index contributed by atoms with van der Waals surface area (Å²) >= 11 is 8.06. The van der Waals surface area contributed by atoms with Gasteiger partial charge in [-0.05, 0) is 64.9 Å². The van der Waals surface area contributed by atoms with Gasteiger partial charge in [-0.25, -0.2) is 13.1 Å². The number of hydrogen-bond acceptors (Lipinski definition) is 2. The molecule has 0 amide bonds. The lowest BCUT2D eigenvalue weighted by atomic mass is 10.2. The van der Waals surface area contributed by atoms with E-state index in [9.17, 15) is 8.42 Å². The normalized spacial score (nSPS) is 11.6. The second kappa shape index (κ2) is 6.43. The molecule has 0 heterocycles. The second-order valence-electron chi connectivity index (χ2n) is 4.39. The van der Waals surface area contributed by atoms with E-state index >= 15 is 0 Å². The number of benzene rings is 2. The Morgan fingerprint density at radius 1 is 1.20 bits per heavy atom. The minimum atomic E-state index is -3.49. The van der Waals surface area contributed by atoms with E-state index in [1.165, 1.54) is 0 Å². The van der Waals surface area contributed by atoms with Crippen LogP contribution in [0.4, 0.5) is 0 Å². The van der Waals surface area contributed by atoms with Crippen molar-refractivity contribution in [1.82, 2.24) is 4.72 Å². The summed E-state index contributed by atoms with van der Waals surface area (Å²) in [4.78, 5) is 0.279. The van der Waals surface area contributed by atoms with Gasteiger partial charge in [-0.3, -0.25) is 0 Å². The molecular weight excluding hydrogens is 409 g/mol. The average Bonchev–Trinajstić information content (AvgIpc) is 2.40. The summed E-state index contributed by atoms with van der Waals surface area (Å²) in [5.41, 5.74) is 1.78. The summed E-state index contributed by atoms with van der Waals surface area (Å²) < 4.78 is 27.8. The van der Waals surface area contributed by atoms with Gasteiger partial charge in [0.1, 0.15) is 0 Å². The van der Waals surface area contributed by atoms with Gasteiger partial charge >= 0.3 is 0 Å². The number of hydrogen-bond donors (Lipinski definition) is 1. The molecule has 106 valence electrons. The first-order chi connectivity index (χ1) is 9.38. The molecule has 3 nitrogen and oxygen atoms in total. The molecule has 2 aromatic rings. The fourth-order valence-corrected chi connectivity index (χ4v) is 3.51. The molecule has 0 spiro atoms. The van der Waals surface area contributed by atoms with Crippen LogP contribution in [0.1, 0.15) is 11.1 Å². The lowest BCUT2D eigenvalue weighted by Gasteiger charge is -2.08. The predicted octanol–water partition coefficient (Wildman–Crippen LogP) is 3.73. The molecule has 0 aliphatic rings. The highest BCUT2D eigenvalue weighted by molar-refractivity contribution is 14.1. The first-order valence-electron chi connectivity index (χ1n) is 5.89. The number of nitrogens with one attached hydrogen (secondary N) is 1. The summed E-state index contributed by atoms with van der Waals surface area (Å²) in [6.45, 7) is 2.10. The van der Waals surface area contributed by atoms with E-state index in [4.69, 9.17) is 11.6 Å². The number of halogens is 2. The van der Waals surface area contributed by atoms with E-state index < -0.39 is 10.0 Å². The Morgan fingerprint density at radius 3 is 2.60 bits per heavy atom. The van der Waals surface area contributed by atoms with Crippen LogP contribution in [0, 0.1) is 10.5 Å². The molecular formula is C14H13ClINO2S. The molecule has 0 aromatic heterocycles. The lowest BCUT2D eigenvalue weighted by molar-refractivity contribution is 0.581. The van der Waals surface area contributed by atoms with Gasteiger partial charge < -0.3 is 0 Å². The molecule has 2 aromatic carbocycles. The first-order valence-corrected chi connectivity index (χ1v) is 8.83. The van der Waals surface area contributed by atoms with Crippen LogP contribution in [0.5, 0.6) is 0 Å². The van der Waals surface area contributed by atoms with Gasteiger partial charge in [0.15, 0.2) is 0 Å². The van der Waals surface area contributed by atoms with Gasteiger partial charge in [-0.1, -0.05) is 29.8 Å². The summed E-state index contributed by atoms with van der Waals surface area (Å²) in [5.74, 6) is 0. The van der Waals surface area contributed by atoms with Crippen LogP contribution in [0.25, 0.3) is 0 Å². The standard InChI is InChI=1S/C14H13ClINO2S/c1-10-3-2-4-12(7-10)20(18,19)17-9-11-5-6-13(15)14(16)8-11/h2-8,17H,9H2,1H3. The summed E-state index contributed by atoms with van der Waals surface area (Å²) in [6.07, 6.45) is 0. The van der Waals surface area contributed by atoms with Crippen LogP contribution < -0.4 is 4.72 Å². The zero-order chi connectivity index (χ0) is 14.8. The Balaban J connectivity index is 2.15. The Labute approximate surface area is 137 Å². The van der Waals surface area contributed by atoms with Crippen LogP contribution in [0.15, 0.2) is 47.4 Å². The second-order valence-corrected chi connectivity index (χ2v) is 7.73. The molecule has 20 heavy (non-hydrogen) atoms. The van der Waals surface area contributed by atoms with Crippen molar-refractivity contribution in [3.63, 3.8) is 0 Å². The summed E-state index contributed by atoms with van der Waals surface area (Å²) in [7, 11) is -3.49. The zero-order valence-electron chi connectivity index (χ0n) is 10.7. The first kappa shape index (κ1) is 15.8. The van der Waals surface area contributed by atoms with Crippen molar-refractivity contribution in [3.8, 4) is 0 Å². The minimum absolute atomic E-state index is 0.240. The van der Waals surface area contributed by atoms with Crippen LogP contribution in [-0.4, -0.2) is 8.42 Å². The van der Waals surface area contributed by atoms with E-state index in [1.54, 1.807) is 24.3 Å². The highest BCUT2D eigenvalue weighted by Crippen LogP contribution is 2.19. The topological polar surface area (TPSA) is 46.2 Å². The monoisotopic (exact) mass is 421 g/mol. The quantitative estimate of drug-likeness (QED) is 0.765. The number of sulfonamides is 1. The van der Waals surface area contributed by atoms with E-state index in [0.29, 0.717) is 5.02 Å². The average molecular weight is 422 g/mol. The fourth-order valence-electron chi connectivity index (χ4n) is 1.69. The van der Waals surface area contributed by atoms with Gasteiger partial charge in [0.2, 0.25) is 10.0 Å². The number of aryl methyl sites for hydroxylation is 1. The Kier molecular flexibility index (Phi) is 5.06. The van der Waals surface area contributed by atoms with Gasteiger partial charge in [-0.2, -0.15) is 0 Å². The van der Waals surface area contributed by atoms with Crippen molar-refractivity contribution in [3.05, 3.63) is 62.2 Å². The molecule has 0 aliphatic heterocycles. The van der Waals surface area contributed by atoms with Crippen LogP contribution in [-0.2, 0) is 16.6 Å². The highest BCUT2D eigenvalue weighted by Gasteiger charge is 2.13. The van der Waals surface area contributed by atoms with Gasteiger partial charge in [0, 0.05) is 10.1 Å². The Morgan fingerprint density at radius 2 is 1.95 bits per heavy atom. The molecule has 0 unspecified atom stereocenters. The minimum Gasteiger partial charge on any atom is -0.207 e. The van der Waals surface area contributed by atoms with Crippen molar-refractivity contribution in [2.75, 3.05) is 0 Å². The lowest BCUT2D eigenvalue weighted by Crippen LogP contribution is -2.23. The van der Waals surface area contributed by atoms with Gasteiger partial charge in [0.05, 0.1) is 9.92 Å². The Hall–Kier alpha value is -0.630. The van der Waals surface area contributed by atoms with Crippen molar-refractivity contribution in [2.24, 2.45) is 0 Å². The molecule has 1 N–H and O–H groups in total. The van der Waals surface area contributed by atoms with E-state index in [2.05, 4.69) is 27.3 Å². The Bertz CT molecular complexity index is 732. The molecule has 0 bridgehead atoms. The third-order valence-corrected chi connectivity index (χ3v) is 5.69. The number of rotatable bonds is 4. The molecule has 0 atom stereocenters. The van der Waals surface area contributed by atoms with Crippen molar-refractivity contribution in [2.45, 2.75) is 18.4 Å². The van der Waals surface area contributed by atoms with Crippen molar-refractivity contribution in [1.29, 1.82) is 0 Å². The molecule has 0 saturated carbocycles. The molecule has 0 saturated heterocycles. The maximum Gasteiger partial charge on any atom is 0.240 e. The molecule has 2 rings (SSSR count). The summed E-state index contributed by atoms with van der Waals surface area (Å²) in [6, 6.07) is 12.3. The van der Waals surface area contributed by atoms with Crippen LogP contribution in [0.3, 0.4) is 0 Å². The maximum absolute atomic E-state index is 12.2. The zero-order valence-corrected chi connectivity index (χ0v) is 14.5. The van der Waals surface area contributed by atoms with Crippen LogP contribution >= 0.6 is 34.2 Å². The maximum atomic E-state index is 12.2. The van der Waals surface area contributed by atoms with E-state index in [0.717, 1.165) is 14.7 Å².